The second-order valence-electron chi connectivity index (χ2n) is 7.21. The lowest BCUT2D eigenvalue weighted by atomic mass is 10.1. The summed E-state index contributed by atoms with van der Waals surface area (Å²) in [5.41, 5.74) is 0.377. The highest BCUT2D eigenvalue weighted by Crippen LogP contribution is 2.39. The number of rotatable bonds is 5. The van der Waals surface area contributed by atoms with Gasteiger partial charge in [-0.1, -0.05) is 16.8 Å². The molecule has 10 nitrogen and oxygen atoms in total. The molecule has 3 aliphatic heterocycles. The van der Waals surface area contributed by atoms with Crippen molar-refractivity contribution in [3.63, 3.8) is 0 Å². The first kappa shape index (κ1) is 21.3. The Morgan fingerprint density at radius 1 is 1.32 bits per heavy atom. The predicted octanol–water partition coefficient (Wildman–Crippen LogP) is 1.61. The van der Waals surface area contributed by atoms with Crippen molar-refractivity contribution < 1.29 is 34.5 Å². The van der Waals surface area contributed by atoms with Gasteiger partial charge in [0.05, 0.1) is 35.1 Å². The van der Waals surface area contributed by atoms with Crippen molar-refractivity contribution in [3.05, 3.63) is 34.0 Å². The van der Waals surface area contributed by atoms with Crippen LogP contribution in [-0.2, 0) is 14.4 Å². The monoisotopic (exact) mass is 467 g/mol. The molecule has 0 bridgehead atoms. The van der Waals surface area contributed by atoms with E-state index in [-0.39, 0.29) is 34.1 Å². The van der Waals surface area contributed by atoms with Crippen molar-refractivity contribution in [2.45, 2.75) is 24.3 Å². The maximum atomic E-state index is 12.7. The zero-order valence-corrected chi connectivity index (χ0v) is 17.6. The van der Waals surface area contributed by atoms with Crippen molar-refractivity contribution in [3.8, 4) is 11.5 Å². The summed E-state index contributed by atoms with van der Waals surface area (Å²) in [5, 5.41) is 32.2. The number of likely N-dealkylation sites (tertiary alicyclic amines) is 1. The molecule has 0 spiro atoms. The molecule has 1 aromatic carbocycles. The standard InChI is InChI=1S/C19H18ClN3O7S/c20-15-11(1-2-12(24)17(15)26)18(27)22-4-3-10(7-22)30-21-6-9-8-31-14-5-13(25)23(14)16(9)19(28)29/h1-2,6,10,14,24,26H,3-5,7-8H2,(H,28,29)/t10-,14?/m0/s1. The highest BCUT2D eigenvalue weighted by atomic mass is 35.5. The number of hydrogen-bond acceptors (Lipinski definition) is 8. The Balaban J connectivity index is 1.40. The Labute approximate surface area is 185 Å². The fraction of sp³-hybridized carbons (Fsp3) is 0.368. The van der Waals surface area contributed by atoms with Crippen LogP contribution in [0.4, 0.5) is 0 Å². The summed E-state index contributed by atoms with van der Waals surface area (Å²) in [6, 6.07) is 2.52. The van der Waals surface area contributed by atoms with Crippen molar-refractivity contribution in [2.24, 2.45) is 5.16 Å². The molecule has 0 saturated carbocycles. The first-order valence-corrected chi connectivity index (χ1v) is 10.8. The Kier molecular flexibility index (Phi) is 5.71. The lowest BCUT2D eigenvalue weighted by molar-refractivity contribution is -0.146. The molecule has 0 radical (unpaired) electrons. The number of carboxylic acids is 1. The molecule has 1 aromatic rings. The van der Waals surface area contributed by atoms with E-state index >= 15 is 0 Å². The topological polar surface area (TPSA) is 140 Å². The Morgan fingerprint density at radius 2 is 2.10 bits per heavy atom. The predicted molar refractivity (Wildman–Crippen MR) is 111 cm³/mol. The summed E-state index contributed by atoms with van der Waals surface area (Å²) in [4.78, 5) is 44.2. The van der Waals surface area contributed by atoms with Gasteiger partial charge in [-0.25, -0.2) is 4.79 Å². The van der Waals surface area contributed by atoms with E-state index in [2.05, 4.69) is 5.16 Å². The van der Waals surface area contributed by atoms with Crippen molar-refractivity contribution in [1.29, 1.82) is 0 Å². The third-order valence-electron chi connectivity index (χ3n) is 5.26. The summed E-state index contributed by atoms with van der Waals surface area (Å²) in [7, 11) is 0. The highest BCUT2D eigenvalue weighted by Gasteiger charge is 2.45. The average Bonchev–Trinajstić information content (AvgIpc) is 3.20. The number of oxime groups is 1. The molecule has 1 unspecified atom stereocenters. The van der Waals surface area contributed by atoms with Crippen LogP contribution in [0.15, 0.2) is 28.6 Å². The van der Waals surface area contributed by atoms with Crippen LogP contribution in [0.3, 0.4) is 0 Å². The molecule has 3 heterocycles. The van der Waals surface area contributed by atoms with Gasteiger partial charge in [0.1, 0.15) is 11.8 Å². The SMILES string of the molecule is O=C(O)C1=C(C=NO[C@H]2CCN(C(=O)c3ccc(O)c(O)c3Cl)C2)CSC2CC(=O)N12. The van der Waals surface area contributed by atoms with Crippen LogP contribution in [-0.4, -0.2) is 79.4 Å². The van der Waals surface area contributed by atoms with E-state index in [0.717, 1.165) is 0 Å². The van der Waals surface area contributed by atoms with Crippen molar-refractivity contribution in [2.75, 3.05) is 18.8 Å². The van der Waals surface area contributed by atoms with E-state index < -0.39 is 29.5 Å². The zero-order chi connectivity index (χ0) is 22.3. The number of amides is 2. The summed E-state index contributed by atoms with van der Waals surface area (Å²) in [5.74, 6) is -2.41. The fourth-order valence-corrected chi connectivity index (χ4v) is 5.06. The number of fused-ring (bicyclic) bond motifs is 1. The molecule has 31 heavy (non-hydrogen) atoms. The lowest BCUT2D eigenvalue weighted by Gasteiger charge is -2.43. The van der Waals surface area contributed by atoms with Crippen LogP contribution in [0, 0.1) is 0 Å². The van der Waals surface area contributed by atoms with Gasteiger partial charge in [-0.15, -0.1) is 11.8 Å². The van der Waals surface area contributed by atoms with Gasteiger partial charge in [0.25, 0.3) is 5.91 Å². The van der Waals surface area contributed by atoms with Gasteiger partial charge in [-0.3, -0.25) is 14.5 Å². The summed E-state index contributed by atoms with van der Waals surface area (Å²) in [6.07, 6.45) is 1.72. The molecule has 4 rings (SSSR count). The number of hydrogen-bond donors (Lipinski definition) is 3. The lowest BCUT2D eigenvalue weighted by Crippen LogP contribution is -2.54. The molecule has 12 heteroatoms. The van der Waals surface area contributed by atoms with Gasteiger partial charge in [0, 0.05) is 24.3 Å². The zero-order valence-electron chi connectivity index (χ0n) is 16.0. The summed E-state index contributed by atoms with van der Waals surface area (Å²) < 4.78 is 0. The number of carbonyl (C=O) groups is 3. The fourth-order valence-electron chi connectivity index (χ4n) is 3.61. The number of benzene rings is 1. The third kappa shape index (κ3) is 3.90. The van der Waals surface area contributed by atoms with E-state index in [1.54, 1.807) is 0 Å². The van der Waals surface area contributed by atoms with Crippen LogP contribution >= 0.6 is 23.4 Å². The van der Waals surface area contributed by atoms with E-state index in [9.17, 15) is 29.7 Å². The van der Waals surface area contributed by atoms with E-state index in [0.29, 0.717) is 30.7 Å². The molecule has 2 amide bonds. The Bertz CT molecular complexity index is 1030. The van der Waals surface area contributed by atoms with Gasteiger partial charge < -0.3 is 25.1 Å². The number of carbonyl (C=O) groups excluding carboxylic acids is 2. The Morgan fingerprint density at radius 3 is 2.81 bits per heavy atom. The third-order valence-corrected chi connectivity index (χ3v) is 6.88. The van der Waals surface area contributed by atoms with Crippen LogP contribution in [0.25, 0.3) is 0 Å². The molecule has 3 N–H and O–H groups in total. The minimum atomic E-state index is -1.19. The van der Waals surface area contributed by atoms with Gasteiger partial charge in [0.15, 0.2) is 11.5 Å². The smallest absolute Gasteiger partial charge is 0.353 e. The number of aliphatic carboxylic acids is 1. The first-order valence-electron chi connectivity index (χ1n) is 9.37. The minimum Gasteiger partial charge on any atom is -0.504 e. The number of halogens is 1. The van der Waals surface area contributed by atoms with Gasteiger partial charge >= 0.3 is 5.97 Å². The number of thioether (sulfide) groups is 1. The molecule has 0 aromatic heterocycles. The number of nitrogens with zero attached hydrogens (tertiary/aromatic N) is 3. The van der Waals surface area contributed by atoms with Gasteiger partial charge in [-0.2, -0.15) is 0 Å². The number of β-lactam (4-membered cyclic amide) rings is 1. The van der Waals surface area contributed by atoms with Crippen molar-refractivity contribution >= 4 is 47.4 Å². The van der Waals surface area contributed by atoms with Gasteiger partial charge in [-0.05, 0) is 12.1 Å². The Hall–Kier alpha value is -2.92. The normalized spacial score (nSPS) is 23.2. The summed E-state index contributed by atoms with van der Waals surface area (Å²) >= 11 is 7.43. The van der Waals surface area contributed by atoms with Crippen LogP contribution in [0.5, 0.6) is 11.5 Å². The minimum absolute atomic E-state index is 0.0605. The second-order valence-corrected chi connectivity index (χ2v) is 8.75. The number of carboxylic acid groups (broad SMARTS) is 1. The van der Waals surface area contributed by atoms with Crippen LogP contribution < -0.4 is 0 Å². The largest absolute Gasteiger partial charge is 0.504 e. The van der Waals surface area contributed by atoms with E-state index in [1.165, 1.54) is 39.9 Å². The quantitative estimate of drug-likeness (QED) is 0.257. The van der Waals surface area contributed by atoms with Crippen molar-refractivity contribution in [1.82, 2.24) is 9.80 Å². The average molecular weight is 468 g/mol. The molecule has 3 aliphatic rings. The molecular weight excluding hydrogens is 450 g/mol. The molecule has 2 atom stereocenters. The molecule has 0 aliphatic carbocycles. The molecule has 2 saturated heterocycles. The second kappa shape index (κ2) is 8.31. The number of phenols is 2. The van der Waals surface area contributed by atoms with Crippen LogP contribution in [0.1, 0.15) is 23.2 Å². The van der Waals surface area contributed by atoms with E-state index in [4.69, 9.17) is 16.4 Å². The molecular formula is C19H18ClN3O7S. The highest BCUT2D eigenvalue weighted by molar-refractivity contribution is 8.00. The van der Waals surface area contributed by atoms with Crippen LogP contribution in [0.2, 0.25) is 5.02 Å². The first-order chi connectivity index (χ1) is 14.8. The maximum Gasteiger partial charge on any atom is 0.353 e. The number of phenolic OH excluding ortho intramolecular Hbond substituents is 2. The number of aromatic hydroxyl groups is 2. The maximum absolute atomic E-state index is 12.7. The van der Waals surface area contributed by atoms with E-state index in [1.807, 2.05) is 0 Å². The summed E-state index contributed by atoms with van der Waals surface area (Å²) in [6.45, 7) is 0.598. The van der Waals surface area contributed by atoms with Gasteiger partial charge in [0.2, 0.25) is 5.91 Å². The molecule has 2 fully saturated rings. The molecule has 164 valence electrons.